The van der Waals surface area contributed by atoms with Gasteiger partial charge in [-0.1, -0.05) is 29.3 Å². The first-order chi connectivity index (χ1) is 10.2. The Morgan fingerprint density at radius 2 is 1.95 bits per heavy atom. The van der Waals surface area contributed by atoms with Gasteiger partial charge in [0.2, 0.25) is 0 Å². The van der Waals surface area contributed by atoms with Gasteiger partial charge in [-0.05, 0) is 55.6 Å². The predicted octanol–water partition coefficient (Wildman–Crippen LogP) is 4.10. The molecule has 0 N–H and O–H groups in total. The molecule has 112 valence electrons. The van der Waals surface area contributed by atoms with Gasteiger partial charge in [0.25, 0.3) is 0 Å². The number of piperidine rings is 1. The molecular formula is C16H19Cl2N3. The molecule has 0 saturated carbocycles. The van der Waals surface area contributed by atoms with E-state index in [9.17, 15) is 0 Å². The average Bonchev–Trinajstić information content (AvgIpc) is 2.98. The summed E-state index contributed by atoms with van der Waals surface area (Å²) >= 11 is 12.0. The number of rotatable bonds is 4. The van der Waals surface area contributed by atoms with Gasteiger partial charge in [0.05, 0.1) is 10.0 Å². The Hall–Kier alpha value is -1.03. The monoisotopic (exact) mass is 323 g/mol. The van der Waals surface area contributed by atoms with Crippen LogP contribution < -0.4 is 0 Å². The molecule has 1 fully saturated rings. The molecule has 3 nitrogen and oxygen atoms in total. The quantitative estimate of drug-likeness (QED) is 0.844. The number of halogens is 2. The third kappa shape index (κ3) is 4.00. The van der Waals surface area contributed by atoms with Crippen LogP contribution in [0, 0.1) is 5.92 Å². The maximum atomic E-state index is 6.07. The Bertz CT molecular complexity index is 575. The van der Waals surface area contributed by atoms with Crippen molar-refractivity contribution in [2.45, 2.75) is 25.9 Å². The standard InChI is InChI=1S/C16H19Cl2N3/c17-15-3-2-14(10-16(15)18)11-20-8-4-13(5-9-20)12-21-7-1-6-19-21/h1-3,6-7,10,13H,4-5,8-9,11-12H2. The Morgan fingerprint density at radius 3 is 2.62 bits per heavy atom. The van der Waals surface area contributed by atoms with Gasteiger partial charge in [-0.3, -0.25) is 9.58 Å². The van der Waals surface area contributed by atoms with Crippen molar-refractivity contribution >= 4 is 23.2 Å². The molecule has 3 rings (SSSR count). The van der Waals surface area contributed by atoms with E-state index < -0.39 is 0 Å². The van der Waals surface area contributed by atoms with Gasteiger partial charge in [0.15, 0.2) is 0 Å². The molecule has 5 heteroatoms. The van der Waals surface area contributed by atoms with Crippen LogP contribution in [0.3, 0.4) is 0 Å². The van der Waals surface area contributed by atoms with Gasteiger partial charge in [-0.15, -0.1) is 0 Å². The Balaban J connectivity index is 1.50. The minimum absolute atomic E-state index is 0.623. The lowest BCUT2D eigenvalue weighted by Crippen LogP contribution is -2.34. The van der Waals surface area contributed by atoms with E-state index in [2.05, 4.69) is 16.1 Å². The second-order valence-electron chi connectivity index (χ2n) is 5.70. The molecule has 2 aromatic rings. The largest absolute Gasteiger partial charge is 0.299 e. The van der Waals surface area contributed by atoms with Crippen LogP contribution in [0.2, 0.25) is 10.0 Å². The lowest BCUT2D eigenvalue weighted by molar-refractivity contribution is 0.164. The first-order valence-corrected chi connectivity index (χ1v) is 8.10. The summed E-state index contributed by atoms with van der Waals surface area (Å²) in [5.41, 5.74) is 1.23. The molecule has 0 unspecified atom stereocenters. The van der Waals surface area contributed by atoms with Crippen molar-refractivity contribution in [1.82, 2.24) is 14.7 Å². The van der Waals surface area contributed by atoms with Gasteiger partial charge in [-0.2, -0.15) is 5.10 Å². The number of benzene rings is 1. The molecule has 1 aromatic carbocycles. The second kappa shape index (κ2) is 6.82. The highest BCUT2D eigenvalue weighted by Gasteiger charge is 2.19. The Labute approximate surface area is 135 Å². The Kier molecular flexibility index (Phi) is 4.84. The minimum atomic E-state index is 0.623. The molecule has 0 spiro atoms. The van der Waals surface area contributed by atoms with Gasteiger partial charge in [0, 0.05) is 25.5 Å². The molecular weight excluding hydrogens is 305 g/mol. The highest BCUT2D eigenvalue weighted by atomic mass is 35.5. The van der Waals surface area contributed by atoms with E-state index in [1.54, 1.807) is 0 Å². The van der Waals surface area contributed by atoms with E-state index >= 15 is 0 Å². The van der Waals surface area contributed by atoms with Gasteiger partial charge in [0.1, 0.15) is 0 Å². The van der Waals surface area contributed by atoms with Crippen LogP contribution >= 0.6 is 23.2 Å². The summed E-state index contributed by atoms with van der Waals surface area (Å²) in [6.07, 6.45) is 6.34. The van der Waals surface area contributed by atoms with Crippen molar-refractivity contribution < 1.29 is 0 Å². The maximum absolute atomic E-state index is 6.07. The van der Waals surface area contributed by atoms with Crippen LogP contribution in [0.5, 0.6) is 0 Å². The summed E-state index contributed by atoms with van der Waals surface area (Å²) < 4.78 is 2.04. The second-order valence-corrected chi connectivity index (χ2v) is 6.51. The van der Waals surface area contributed by atoms with Crippen molar-refractivity contribution in [2.24, 2.45) is 5.92 Å². The fourth-order valence-electron chi connectivity index (χ4n) is 2.90. The first-order valence-electron chi connectivity index (χ1n) is 7.34. The minimum Gasteiger partial charge on any atom is -0.299 e. The number of nitrogens with zero attached hydrogens (tertiary/aromatic N) is 3. The van der Waals surface area contributed by atoms with Gasteiger partial charge >= 0.3 is 0 Å². The van der Waals surface area contributed by atoms with Crippen LogP contribution in [0.4, 0.5) is 0 Å². The molecule has 1 aliphatic rings. The first kappa shape index (κ1) is 14.9. The molecule has 0 atom stereocenters. The summed E-state index contributed by atoms with van der Waals surface area (Å²) in [7, 11) is 0. The van der Waals surface area contributed by atoms with Gasteiger partial charge < -0.3 is 0 Å². The molecule has 0 bridgehead atoms. The molecule has 2 heterocycles. The molecule has 0 amide bonds. The lowest BCUT2D eigenvalue weighted by atomic mass is 9.96. The summed E-state index contributed by atoms with van der Waals surface area (Å²) in [4.78, 5) is 2.49. The summed E-state index contributed by atoms with van der Waals surface area (Å²) in [5.74, 6) is 0.731. The highest BCUT2D eigenvalue weighted by molar-refractivity contribution is 6.42. The topological polar surface area (TPSA) is 21.1 Å². The SMILES string of the molecule is Clc1ccc(CN2CCC(Cn3cccn3)CC2)cc1Cl. The zero-order valence-corrected chi connectivity index (χ0v) is 13.4. The maximum Gasteiger partial charge on any atom is 0.0595 e. The third-order valence-electron chi connectivity index (χ3n) is 4.10. The normalized spacial score (nSPS) is 17.2. The summed E-state index contributed by atoms with van der Waals surface area (Å²) in [5, 5.41) is 5.56. The fraction of sp³-hybridized carbons (Fsp3) is 0.438. The van der Waals surface area contributed by atoms with Crippen LogP contribution in [0.15, 0.2) is 36.7 Å². The predicted molar refractivity (Wildman–Crippen MR) is 86.7 cm³/mol. The van der Waals surface area contributed by atoms with Crippen molar-refractivity contribution in [2.75, 3.05) is 13.1 Å². The molecule has 1 saturated heterocycles. The molecule has 1 aromatic heterocycles. The smallest absolute Gasteiger partial charge is 0.0595 e. The summed E-state index contributed by atoms with van der Waals surface area (Å²) in [6.45, 7) is 4.25. The molecule has 21 heavy (non-hydrogen) atoms. The third-order valence-corrected chi connectivity index (χ3v) is 4.84. The van der Waals surface area contributed by atoms with E-state index in [1.807, 2.05) is 35.3 Å². The zero-order valence-electron chi connectivity index (χ0n) is 11.9. The van der Waals surface area contributed by atoms with E-state index in [1.165, 1.54) is 18.4 Å². The summed E-state index contributed by atoms with van der Waals surface area (Å²) in [6, 6.07) is 7.90. The van der Waals surface area contributed by atoms with Crippen molar-refractivity contribution in [3.8, 4) is 0 Å². The van der Waals surface area contributed by atoms with Crippen molar-refractivity contribution in [1.29, 1.82) is 0 Å². The number of aromatic nitrogens is 2. The molecule has 1 aliphatic heterocycles. The van der Waals surface area contributed by atoms with Crippen LogP contribution in [0.1, 0.15) is 18.4 Å². The van der Waals surface area contributed by atoms with Crippen molar-refractivity contribution in [3.63, 3.8) is 0 Å². The van der Waals surface area contributed by atoms with E-state index in [0.29, 0.717) is 10.0 Å². The average molecular weight is 324 g/mol. The van der Waals surface area contributed by atoms with Crippen molar-refractivity contribution in [3.05, 3.63) is 52.3 Å². The lowest BCUT2D eigenvalue weighted by Gasteiger charge is -2.32. The van der Waals surface area contributed by atoms with Crippen LogP contribution in [0.25, 0.3) is 0 Å². The van der Waals surface area contributed by atoms with E-state index in [4.69, 9.17) is 23.2 Å². The molecule has 0 radical (unpaired) electrons. The van der Waals surface area contributed by atoms with Gasteiger partial charge in [-0.25, -0.2) is 0 Å². The van der Waals surface area contributed by atoms with E-state index in [-0.39, 0.29) is 0 Å². The van der Waals surface area contributed by atoms with Crippen LogP contribution in [-0.2, 0) is 13.1 Å². The zero-order chi connectivity index (χ0) is 14.7. The number of hydrogen-bond donors (Lipinski definition) is 0. The number of hydrogen-bond acceptors (Lipinski definition) is 2. The van der Waals surface area contributed by atoms with E-state index in [0.717, 1.165) is 32.1 Å². The highest BCUT2D eigenvalue weighted by Crippen LogP contribution is 2.25. The molecule has 0 aliphatic carbocycles. The Morgan fingerprint density at radius 1 is 1.14 bits per heavy atom. The fourth-order valence-corrected chi connectivity index (χ4v) is 3.22. The number of likely N-dealkylation sites (tertiary alicyclic amines) is 1. The van der Waals surface area contributed by atoms with Crippen LogP contribution in [-0.4, -0.2) is 27.8 Å².